The van der Waals surface area contributed by atoms with Crippen molar-refractivity contribution in [1.29, 1.82) is 0 Å². The number of fused-ring (bicyclic) bond motifs is 1. The van der Waals surface area contributed by atoms with Crippen LogP contribution in [0.2, 0.25) is 0 Å². The van der Waals surface area contributed by atoms with Crippen molar-refractivity contribution in [3.63, 3.8) is 0 Å². The van der Waals surface area contributed by atoms with Gasteiger partial charge in [-0.15, -0.1) is 6.58 Å². The Bertz CT molecular complexity index is 1890. The summed E-state index contributed by atoms with van der Waals surface area (Å²) in [5, 5.41) is 9.81. The molecule has 0 bridgehead atoms. The molecule has 0 aliphatic rings. The Labute approximate surface area is 249 Å². The van der Waals surface area contributed by atoms with Crippen molar-refractivity contribution in [2.75, 3.05) is 26.0 Å². The van der Waals surface area contributed by atoms with Crippen LogP contribution in [0, 0.1) is 19.7 Å². The number of benzene rings is 3. The Morgan fingerprint density at radius 3 is 2.63 bits per heavy atom. The number of carbonyl (C=O) groups is 1. The predicted octanol–water partition coefficient (Wildman–Crippen LogP) is 5.20. The third-order valence-electron chi connectivity index (χ3n) is 7.66. The first-order valence-electron chi connectivity index (χ1n) is 14.1. The molecular weight excluding hydrogens is 543 g/mol. The normalized spacial score (nSPS) is 11.8. The van der Waals surface area contributed by atoms with Gasteiger partial charge in [-0.3, -0.25) is 14.2 Å². The molecule has 0 fully saturated rings. The van der Waals surface area contributed by atoms with Crippen molar-refractivity contribution in [2.24, 2.45) is 0 Å². The van der Waals surface area contributed by atoms with Crippen LogP contribution >= 0.6 is 0 Å². The summed E-state index contributed by atoms with van der Waals surface area (Å²) in [6, 6.07) is 17.9. The van der Waals surface area contributed by atoms with Crippen molar-refractivity contribution in [1.82, 2.24) is 24.8 Å². The van der Waals surface area contributed by atoms with Gasteiger partial charge in [-0.2, -0.15) is 0 Å². The summed E-state index contributed by atoms with van der Waals surface area (Å²) in [6.45, 7) is 8.51. The Morgan fingerprint density at radius 2 is 1.88 bits per heavy atom. The van der Waals surface area contributed by atoms with Gasteiger partial charge in [-0.05, 0) is 74.0 Å². The van der Waals surface area contributed by atoms with Gasteiger partial charge in [0.25, 0.3) is 11.5 Å². The smallest absolute Gasteiger partial charge is 0.294 e. The number of likely N-dealkylation sites (N-methyl/N-ethyl adjacent to an activating group) is 1. The van der Waals surface area contributed by atoms with E-state index in [2.05, 4.69) is 27.5 Å². The largest absolute Gasteiger partial charge is 0.358 e. The zero-order valence-electron chi connectivity index (χ0n) is 24.7. The van der Waals surface area contributed by atoms with Gasteiger partial charge in [-0.25, -0.2) is 9.37 Å². The van der Waals surface area contributed by atoms with E-state index < -0.39 is 0 Å². The quantitative estimate of drug-likeness (QED) is 0.198. The monoisotopic (exact) mass is 578 g/mol. The molecule has 2 aromatic heterocycles. The molecule has 8 nitrogen and oxygen atoms in total. The number of hydrogen-bond donors (Lipinski definition) is 3. The van der Waals surface area contributed by atoms with E-state index >= 15 is 0 Å². The molecule has 0 spiro atoms. The van der Waals surface area contributed by atoms with Gasteiger partial charge in [-0.1, -0.05) is 30.3 Å². The van der Waals surface area contributed by atoms with Crippen LogP contribution in [0.25, 0.3) is 27.8 Å². The molecule has 2 heterocycles. The van der Waals surface area contributed by atoms with Crippen LogP contribution < -0.4 is 21.5 Å². The maximum Gasteiger partial charge on any atom is 0.294 e. The van der Waals surface area contributed by atoms with Crippen molar-refractivity contribution < 1.29 is 9.18 Å². The molecular formula is C34H35FN6O2. The summed E-state index contributed by atoms with van der Waals surface area (Å²) in [6.07, 6.45) is 5.38. The van der Waals surface area contributed by atoms with Crippen molar-refractivity contribution in [2.45, 2.75) is 26.4 Å². The van der Waals surface area contributed by atoms with Crippen molar-refractivity contribution in [3.05, 3.63) is 124 Å². The fourth-order valence-corrected chi connectivity index (χ4v) is 5.41. The second-order valence-electron chi connectivity index (χ2n) is 10.5. The maximum atomic E-state index is 14.0. The van der Waals surface area contributed by atoms with E-state index in [1.165, 1.54) is 6.07 Å². The van der Waals surface area contributed by atoms with E-state index in [4.69, 9.17) is 0 Å². The first-order chi connectivity index (χ1) is 20.7. The van der Waals surface area contributed by atoms with E-state index in [1.807, 2.05) is 62.0 Å². The maximum absolute atomic E-state index is 14.0. The number of aromatic nitrogens is 3. The summed E-state index contributed by atoms with van der Waals surface area (Å²) < 4.78 is 17.7. The molecule has 1 amide bonds. The van der Waals surface area contributed by atoms with Gasteiger partial charge < -0.3 is 20.5 Å². The molecule has 0 aliphatic carbocycles. The van der Waals surface area contributed by atoms with Crippen LogP contribution in [0.3, 0.4) is 0 Å². The molecule has 5 aromatic rings. The average molecular weight is 579 g/mol. The minimum absolute atomic E-state index is 0.203. The predicted molar refractivity (Wildman–Crippen MR) is 171 cm³/mol. The lowest BCUT2D eigenvalue weighted by Crippen LogP contribution is -2.34. The first-order valence-corrected chi connectivity index (χ1v) is 14.1. The SMILES string of the molecule is C=CC(CNC)Nc1ncc(-c2cccc(C(=O)NC)c2C)n(Cc2cccc(-n3cc(C)c4cc(F)ccc43)c2)c1=O. The van der Waals surface area contributed by atoms with E-state index in [0.717, 1.165) is 38.8 Å². The van der Waals surface area contributed by atoms with E-state index in [-0.39, 0.29) is 35.7 Å². The molecule has 1 unspecified atom stereocenters. The van der Waals surface area contributed by atoms with Gasteiger partial charge in [0.1, 0.15) is 5.82 Å². The number of rotatable bonds is 10. The third-order valence-corrected chi connectivity index (χ3v) is 7.66. The minimum Gasteiger partial charge on any atom is -0.358 e. The highest BCUT2D eigenvalue weighted by Crippen LogP contribution is 2.28. The van der Waals surface area contributed by atoms with Crippen LogP contribution in [-0.2, 0) is 6.54 Å². The van der Waals surface area contributed by atoms with E-state index in [9.17, 15) is 14.0 Å². The standard InChI is InChI=1S/C34H35FN6O2/c1-6-25(17-36-4)39-32-34(43)41(31(18-38-32)27-11-8-12-28(22(27)3)33(42)37-5)20-23-9-7-10-26(15-23)40-19-21(2)29-16-24(35)13-14-30(29)40/h6-16,18-19,25,36H,1,17,20H2,2-5H3,(H,37,42)(H,38,39). The average Bonchev–Trinajstić information content (AvgIpc) is 3.34. The lowest BCUT2D eigenvalue weighted by Gasteiger charge is -2.20. The number of amides is 1. The minimum atomic E-state index is -0.298. The van der Waals surface area contributed by atoms with Crippen molar-refractivity contribution in [3.8, 4) is 16.9 Å². The number of anilines is 1. The number of carbonyl (C=O) groups excluding carboxylic acids is 1. The summed E-state index contributed by atoms with van der Waals surface area (Å²) in [5.74, 6) is -0.281. The molecule has 220 valence electrons. The van der Waals surface area contributed by atoms with Gasteiger partial charge in [0.2, 0.25) is 0 Å². The Balaban J connectivity index is 1.63. The number of nitrogens with zero attached hydrogens (tertiary/aromatic N) is 3. The van der Waals surface area contributed by atoms with Crippen LogP contribution in [0.4, 0.5) is 10.2 Å². The third kappa shape index (κ3) is 5.85. The lowest BCUT2D eigenvalue weighted by atomic mass is 9.99. The Kier molecular flexibility index (Phi) is 8.54. The summed E-state index contributed by atoms with van der Waals surface area (Å²) in [7, 11) is 3.42. The van der Waals surface area contributed by atoms with Crippen LogP contribution in [0.5, 0.6) is 0 Å². The van der Waals surface area contributed by atoms with Crippen LogP contribution in [-0.4, -0.2) is 46.7 Å². The second kappa shape index (κ2) is 12.5. The van der Waals surface area contributed by atoms with E-state index in [0.29, 0.717) is 17.8 Å². The highest BCUT2D eigenvalue weighted by molar-refractivity contribution is 5.97. The number of aryl methyl sites for hydroxylation is 1. The molecule has 0 saturated carbocycles. The molecule has 3 N–H and O–H groups in total. The number of nitrogens with one attached hydrogen (secondary N) is 3. The topological polar surface area (TPSA) is 93.0 Å². The molecule has 0 radical (unpaired) electrons. The van der Waals surface area contributed by atoms with Gasteiger partial charge in [0, 0.05) is 42.0 Å². The van der Waals surface area contributed by atoms with Crippen molar-refractivity contribution >= 4 is 22.6 Å². The zero-order valence-corrected chi connectivity index (χ0v) is 24.7. The highest BCUT2D eigenvalue weighted by atomic mass is 19.1. The molecule has 0 saturated heterocycles. The van der Waals surface area contributed by atoms with Crippen LogP contribution in [0.1, 0.15) is 27.0 Å². The van der Waals surface area contributed by atoms with Gasteiger partial charge in [0.15, 0.2) is 5.82 Å². The molecule has 0 aliphatic heterocycles. The zero-order chi connectivity index (χ0) is 30.7. The molecule has 5 rings (SSSR count). The second-order valence-corrected chi connectivity index (χ2v) is 10.5. The van der Waals surface area contributed by atoms with Gasteiger partial charge in [0.05, 0.1) is 30.0 Å². The molecule has 9 heteroatoms. The summed E-state index contributed by atoms with van der Waals surface area (Å²) >= 11 is 0. The number of hydrogen-bond acceptors (Lipinski definition) is 5. The molecule has 1 atom stereocenters. The Morgan fingerprint density at radius 1 is 1.09 bits per heavy atom. The van der Waals surface area contributed by atoms with Gasteiger partial charge >= 0.3 is 0 Å². The Hall–Kier alpha value is -5.02. The lowest BCUT2D eigenvalue weighted by molar-refractivity contribution is 0.0962. The highest BCUT2D eigenvalue weighted by Gasteiger charge is 2.19. The molecule has 3 aromatic carbocycles. The van der Waals surface area contributed by atoms with Crippen LogP contribution in [0.15, 0.2) is 90.5 Å². The van der Waals surface area contributed by atoms with E-state index in [1.54, 1.807) is 48.2 Å². The summed E-state index contributed by atoms with van der Waals surface area (Å²) in [4.78, 5) is 31.1. The summed E-state index contributed by atoms with van der Waals surface area (Å²) in [5.41, 5.74) is 5.93. The first kappa shape index (κ1) is 29.5. The molecule has 43 heavy (non-hydrogen) atoms. The fourth-order valence-electron chi connectivity index (χ4n) is 5.41. The number of halogens is 1. The fraction of sp³-hybridized carbons (Fsp3) is 0.206.